The fourth-order valence-corrected chi connectivity index (χ4v) is 2.59. The Morgan fingerprint density at radius 3 is 2.82 bits per heavy atom. The van der Waals surface area contributed by atoms with Crippen molar-refractivity contribution in [3.05, 3.63) is 23.9 Å². The maximum absolute atomic E-state index is 5.82. The van der Waals surface area contributed by atoms with E-state index in [1.165, 1.54) is 31.2 Å². The van der Waals surface area contributed by atoms with Gasteiger partial charge in [-0.25, -0.2) is 4.98 Å². The molecule has 1 aliphatic carbocycles. The molecule has 2 rings (SSSR count). The highest BCUT2D eigenvalue weighted by Crippen LogP contribution is 2.29. The van der Waals surface area contributed by atoms with Crippen molar-refractivity contribution >= 4 is 0 Å². The van der Waals surface area contributed by atoms with E-state index < -0.39 is 0 Å². The molecule has 0 amide bonds. The van der Waals surface area contributed by atoms with E-state index in [4.69, 9.17) is 10.5 Å². The summed E-state index contributed by atoms with van der Waals surface area (Å²) in [4.78, 5) is 4.22. The number of pyridine rings is 1. The van der Waals surface area contributed by atoms with Gasteiger partial charge in [-0.15, -0.1) is 0 Å². The first-order chi connectivity index (χ1) is 8.29. The highest BCUT2D eigenvalue weighted by molar-refractivity contribution is 5.18. The van der Waals surface area contributed by atoms with Gasteiger partial charge in [-0.3, -0.25) is 0 Å². The van der Waals surface area contributed by atoms with Gasteiger partial charge in [-0.05, 0) is 49.8 Å². The normalized spacial score (nSPS) is 24.6. The van der Waals surface area contributed by atoms with Crippen LogP contribution in [0.25, 0.3) is 0 Å². The van der Waals surface area contributed by atoms with Crippen LogP contribution in [0.5, 0.6) is 5.88 Å². The van der Waals surface area contributed by atoms with Gasteiger partial charge < -0.3 is 10.5 Å². The molecule has 0 aliphatic heterocycles. The number of nitrogens with zero attached hydrogens (tertiary/aromatic N) is 1. The van der Waals surface area contributed by atoms with Gasteiger partial charge in [-0.2, -0.15) is 0 Å². The van der Waals surface area contributed by atoms with E-state index in [2.05, 4.69) is 11.9 Å². The van der Waals surface area contributed by atoms with Crippen LogP contribution in [0.3, 0.4) is 0 Å². The smallest absolute Gasteiger partial charge is 0.213 e. The van der Waals surface area contributed by atoms with Crippen molar-refractivity contribution in [1.82, 2.24) is 4.98 Å². The molecule has 1 fully saturated rings. The van der Waals surface area contributed by atoms with Gasteiger partial charge >= 0.3 is 0 Å². The van der Waals surface area contributed by atoms with Crippen LogP contribution in [0.1, 0.15) is 31.2 Å². The number of hydrogen-bond acceptors (Lipinski definition) is 3. The van der Waals surface area contributed by atoms with E-state index in [0.717, 1.165) is 19.0 Å². The zero-order valence-electron chi connectivity index (χ0n) is 10.6. The summed E-state index contributed by atoms with van der Waals surface area (Å²) in [5.74, 6) is 1.98. The third-order valence-corrected chi connectivity index (χ3v) is 3.70. The first kappa shape index (κ1) is 12.4. The van der Waals surface area contributed by atoms with Crippen LogP contribution < -0.4 is 10.5 Å². The molecule has 2 N–H and O–H groups in total. The molecule has 1 saturated carbocycles. The average Bonchev–Trinajstić information content (AvgIpc) is 2.37. The Morgan fingerprint density at radius 1 is 1.35 bits per heavy atom. The van der Waals surface area contributed by atoms with Crippen LogP contribution in [-0.2, 0) is 0 Å². The molecule has 94 valence electrons. The number of rotatable bonds is 4. The van der Waals surface area contributed by atoms with E-state index in [9.17, 15) is 0 Å². The summed E-state index contributed by atoms with van der Waals surface area (Å²) in [6, 6.07) is 3.97. The first-order valence-electron chi connectivity index (χ1n) is 6.55. The van der Waals surface area contributed by atoms with E-state index in [0.29, 0.717) is 11.8 Å². The summed E-state index contributed by atoms with van der Waals surface area (Å²) in [5.41, 5.74) is 7.00. The third kappa shape index (κ3) is 3.43. The van der Waals surface area contributed by atoms with Crippen molar-refractivity contribution in [3.8, 4) is 5.88 Å². The van der Waals surface area contributed by atoms with Crippen molar-refractivity contribution in [2.24, 2.45) is 17.6 Å². The fourth-order valence-electron chi connectivity index (χ4n) is 2.59. The topological polar surface area (TPSA) is 48.1 Å². The standard InChI is InChI=1S/C14H22N2O/c1-11-6-7-16-14(8-11)17-10-13-5-3-2-4-12(13)9-15/h6-8,12-13H,2-5,9-10,15H2,1H3. The second-order valence-electron chi connectivity index (χ2n) is 5.02. The second-order valence-corrected chi connectivity index (χ2v) is 5.02. The number of hydrogen-bond donors (Lipinski definition) is 1. The Hall–Kier alpha value is -1.09. The van der Waals surface area contributed by atoms with Crippen LogP contribution in [0, 0.1) is 18.8 Å². The maximum Gasteiger partial charge on any atom is 0.213 e. The molecule has 1 aliphatic rings. The van der Waals surface area contributed by atoms with Crippen LogP contribution in [-0.4, -0.2) is 18.1 Å². The summed E-state index contributed by atoms with van der Waals surface area (Å²) in [6.45, 7) is 3.60. The Morgan fingerprint density at radius 2 is 2.12 bits per heavy atom. The summed E-state index contributed by atoms with van der Waals surface area (Å²) in [5, 5.41) is 0. The van der Waals surface area contributed by atoms with Crippen molar-refractivity contribution in [1.29, 1.82) is 0 Å². The van der Waals surface area contributed by atoms with Gasteiger partial charge in [0.15, 0.2) is 0 Å². The van der Waals surface area contributed by atoms with Crippen LogP contribution in [0.4, 0.5) is 0 Å². The van der Waals surface area contributed by atoms with Crippen LogP contribution in [0.15, 0.2) is 18.3 Å². The molecule has 17 heavy (non-hydrogen) atoms. The van der Waals surface area contributed by atoms with Crippen LogP contribution >= 0.6 is 0 Å². The monoisotopic (exact) mass is 234 g/mol. The Kier molecular flexibility index (Phi) is 4.37. The molecule has 2 unspecified atom stereocenters. The van der Waals surface area contributed by atoms with Gasteiger partial charge in [0.2, 0.25) is 5.88 Å². The van der Waals surface area contributed by atoms with Crippen molar-refractivity contribution in [2.45, 2.75) is 32.6 Å². The molecule has 3 nitrogen and oxygen atoms in total. The molecule has 0 spiro atoms. The largest absolute Gasteiger partial charge is 0.477 e. The van der Waals surface area contributed by atoms with Gasteiger partial charge in [0.25, 0.3) is 0 Å². The minimum atomic E-state index is 0.607. The zero-order valence-corrected chi connectivity index (χ0v) is 10.6. The first-order valence-corrected chi connectivity index (χ1v) is 6.55. The zero-order chi connectivity index (χ0) is 12.1. The molecular formula is C14H22N2O. The molecule has 3 heteroatoms. The highest BCUT2D eigenvalue weighted by Gasteiger charge is 2.24. The van der Waals surface area contributed by atoms with E-state index >= 15 is 0 Å². The molecular weight excluding hydrogens is 212 g/mol. The number of ether oxygens (including phenoxy) is 1. The Labute approximate surface area is 103 Å². The molecule has 0 aromatic carbocycles. The lowest BCUT2D eigenvalue weighted by molar-refractivity contribution is 0.149. The fraction of sp³-hybridized carbons (Fsp3) is 0.643. The molecule has 1 aromatic rings. The summed E-state index contributed by atoms with van der Waals surface area (Å²) < 4.78 is 5.79. The molecule has 0 bridgehead atoms. The molecule has 2 atom stereocenters. The molecule has 1 heterocycles. The van der Waals surface area contributed by atoms with Gasteiger partial charge in [0.05, 0.1) is 6.61 Å². The van der Waals surface area contributed by atoms with Gasteiger partial charge in [0, 0.05) is 12.3 Å². The SMILES string of the molecule is Cc1ccnc(OCC2CCCCC2CN)c1. The van der Waals surface area contributed by atoms with E-state index in [1.54, 1.807) is 6.20 Å². The summed E-state index contributed by atoms with van der Waals surface area (Å²) >= 11 is 0. The quantitative estimate of drug-likeness (QED) is 0.871. The predicted octanol–water partition coefficient (Wildman–Crippen LogP) is 2.53. The second kappa shape index (κ2) is 6.01. The average molecular weight is 234 g/mol. The lowest BCUT2D eigenvalue weighted by Crippen LogP contribution is -2.30. The predicted molar refractivity (Wildman–Crippen MR) is 69.0 cm³/mol. The van der Waals surface area contributed by atoms with Crippen molar-refractivity contribution < 1.29 is 4.74 Å². The maximum atomic E-state index is 5.82. The van der Waals surface area contributed by atoms with Crippen molar-refractivity contribution in [3.63, 3.8) is 0 Å². The molecule has 1 aromatic heterocycles. The molecule has 0 radical (unpaired) electrons. The highest BCUT2D eigenvalue weighted by atomic mass is 16.5. The van der Waals surface area contributed by atoms with Gasteiger partial charge in [0.1, 0.15) is 0 Å². The lowest BCUT2D eigenvalue weighted by Gasteiger charge is -2.30. The Balaban J connectivity index is 1.88. The minimum Gasteiger partial charge on any atom is -0.477 e. The summed E-state index contributed by atoms with van der Waals surface area (Å²) in [6.07, 6.45) is 6.93. The number of nitrogens with two attached hydrogens (primary N) is 1. The molecule has 0 saturated heterocycles. The van der Waals surface area contributed by atoms with Crippen LogP contribution in [0.2, 0.25) is 0 Å². The lowest BCUT2D eigenvalue weighted by atomic mass is 9.80. The van der Waals surface area contributed by atoms with Crippen molar-refractivity contribution in [2.75, 3.05) is 13.2 Å². The number of aryl methyl sites for hydroxylation is 1. The minimum absolute atomic E-state index is 0.607. The summed E-state index contributed by atoms with van der Waals surface area (Å²) in [7, 11) is 0. The van der Waals surface area contributed by atoms with E-state index in [-0.39, 0.29) is 0 Å². The third-order valence-electron chi connectivity index (χ3n) is 3.70. The van der Waals surface area contributed by atoms with E-state index in [1.807, 2.05) is 12.1 Å². The Bertz CT molecular complexity index is 354. The number of aromatic nitrogens is 1. The van der Waals surface area contributed by atoms with Gasteiger partial charge in [-0.1, -0.05) is 12.8 Å².